The van der Waals surface area contributed by atoms with Crippen molar-refractivity contribution in [3.05, 3.63) is 95.3 Å². The quantitative estimate of drug-likeness (QED) is 0.409. The van der Waals surface area contributed by atoms with Crippen LogP contribution in [-0.2, 0) is 17.9 Å². The largest absolute Gasteiger partial charge is 0.491 e. The van der Waals surface area contributed by atoms with Crippen LogP contribution in [0.4, 0.5) is 0 Å². The van der Waals surface area contributed by atoms with Crippen molar-refractivity contribution in [3.63, 3.8) is 0 Å². The normalized spacial score (nSPS) is 16.7. The van der Waals surface area contributed by atoms with Gasteiger partial charge in [-0.3, -0.25) is 4.79 Å². The Morgan fingerprint density at radius 3 is 2.63 bits per heavy atom. The molecule has 0 unspecified atom stereocenters. The summed E-state index contributed by atoms with van der Waals surface area (Å²) in [4.78, 5) is 19.6. The van der Waals surface area contributed by atoms with Crippen molar-refractivity contribution in [2.45, 2.75) is 45.4 Å². The van der Waals surface area contributed by atoms with Gasteiger partial charge in [-0.1, -0.05) is 60.2 Å². The zero-order valence-electron chi connectivity index (χ0n) is 20.2. The van der Waals surface area contributed by atoms with E-state index in [-0.39, 0.29) is 18.4 Å². The van der Waals surface area contributed by atoms with E-state index in [4.69, 9.17) is 9.72 Å². The number of aliphatic hydroxyl groups excluding tert-OH is 1. The van der Waals surface area contributed by atoms with Crippen molar-refractivity contribution in [2.75, 3.05) is 13.2 Å². The van der Waals surface area contributed by atoms with Gasteiger partial charge in [0.15, 0.2) is 0 Å². The SMILES string of the molecule is Cc1ccc(OC[C@H](O)Cn2c([C@H]3CC(=O)N(Cc4ccccc4)C3)nc3ccccc32)c(C)c1. The van der Waals surface area contributed by atoms with E-state index in [1.165, 1.54) is 5.56 Å². The fraction of sp³-hybridized carbons (Fsp3) is 0.310. The maximum absolute atomic E-state index is 12.8. The molecule has 0 spiro atoms. The number of fused-ring (bicyclic) bond motifs is 1. The second-order valence-corrected chi connectivity index (χ2v) is 9.46. The molecular formula is C29H31N3O3. The summed E-state index contributed by atoms with van der Waals surface area (Å²) in [5, 5.41) is 10.9. The molecule has 0 radical (unpaired) electrons. The number of aromatic nitrogens is 2. The number of amides is 1. The molecule has 180 valence electrons. The number of nitrogens with zero attached hydrogens (tertiary/aromatic N) is 3. The number of rotatable bonds is 8. The molecule has 0 aliphatic carbocycles. The minimum atomic E-state index is -0.718. The minimum Gasteiger partial charge on any atom is -0.491 e. The highest BCUT2D eigenvalue weighted by Crippen LogP contribution is 2.31. The van der Waals surface area contributed by atoms with Crippen LogP contribution in [0.1, 0.15) is 34.9 Å². The minimum absolute atomic E-state index is 0.0222. The molecule has 2 heterocycles. The number of hydrogen-bond acceptors (Lipinski definition) is 4. The first-order valence-corrected chi connectivity index (χ1v) is 12.1. The van der Waals surface area contributed by atoms with Crippen LogP contribution in [0.2, 0.25) is 0 Å². The number of aliphatic hydroxyl groups is 1. The standard InChI is InChI=1S/C29H31N3O3/c1-20-12-13-27(21(2)14-20)35-19-24(33)18-32-26-11-7-6-10-25(26)30-29(32)23-15-28(34)31(17-23)16-22-8-4-3-5-9-22/h3-14,23-24,33H,15-19H2,1-2H3/t23-,24+/m0/s1. The summed E-state index contributed by atoms with van der Waals surface area (Å²) in [6, 6.07) is 24.0. The molecule has 1 amide bonds. The van der Waals surface area contributed by atoms with E-state index >= 15 is 0 Å². The summed E-state index contributed by atoms with van der Waals surface area (Å²) >= 11 is 0. The highest BCUT2D eigenvalue weighted by atomic mass is 16.5. The summed E-state index contributed by atoms with van der Waals surface area (Å²) in [6.07, 6.45) is -0.296. The predicted octanol–water partition coefficient (Wildman–Crippen LogP) is 4.61. The number of benzene rings is 3. The summed E-state index contributed by atoms with van der Waals surface area (Å²) in [5.74, 6) is 1.74. The van der Waals surface area contributed by atoms with Gasteiger partial charge in [0, 0.05) is 25.4 Å². The van der Waals surface area contributed by atoms with Crippen molar-refractivity contribution in [1.29, 1.82) is 0 Å². The lowest BCUT2D eigenvalue weighted by Crippen LogP contribution is -2.26. The maximum Gasteiger partial charge on any atom is 0.223 e. The first-order valence-electron chi connectivity index (χ1n) is 12.1. The van der Waals surface area contributed by atoms with E-state index in [0.29, 0.717) is 26.1 Å². The number of aryl methyl sites for hydroxylation is 2. The van der Waals surface area contributed by atoms with Gasteiger partial charge < -0.3 is 19.3 Å². The van der Waals surface area contributed by atoms with Gasteiger partial charge in [-0.25, -0.2) is 4.98 Å². The highest BCUT2D eigenvalue weighted by Gasteiger charge is 2.34. The number of carbonyl (C=O) groups is 1. The lowest BCUT2D eigenvalue weighted by atomic mass is 10.1. The molecule has 1 aliphatic heterocycles. The first kappa shape index (κ1) is 23.1. The van der Waals surface area contributed by atoms with Gasteiger partial charge in [0.05, 0.1) is 17.6 Å². The molecule has 6 nitrogen and oxygen atoms in total. The van der Waals surface area contributed by atoms with Crippen LogP contribution in [0.5, 0.6) is 5.75 Å². The second-order valence-electron chi connectivity index (χ2n) is 9.46. The molecule has 1 aromatic heterocycles. The van der Waals surface area contributed by atoms with E-state index in [1.54, 1.807) is 0 Å². The number of likely N-dealkylation sites (tertiary alicyclic amines) is 1. The third-order valence-electron chi connectivity index (χ3n) is 6.63. The fourth-order valence-electron chi connectivity index (χ4n) is 4.91. The second kappa shape index (κ2) is 9.92. The van der Waals surface area contributed by atoms with Gasteiger partial charge in [0.2, 0.25) is 5.91 Å². The topological polar surface area (TPSA) is 67.6 Å². The van der Waals surface area contributed by atoms with E-state index in [1.807, 2.05) is 85.5 Å². The van der Waals surface area contributed by atoms with E-state index in [9.17, 15) is 9.90 Å². The molecule has 0 saturated carbocycles. The Morgan fingerprint density at radius 2 is 1.83 bits per heavy atom. The highest BCUT2D eigenvalue weighted by molar-refractivity contribution is 5.81. The zero-order valence-corrected chi connectivity index (χ0v) is 20.2. The number of ether oxygens (including phenoxy) is 1. The van der Waals surface area contributed by atoms with Crippen LogP contribution < -0.4 is 4.74 Å². The number of imidazole rings is 1. The van der Waals surface area contributed by atoms with Crippen LogP contribution in [0.3, 0.4) is 0 Å². The average molecular weight is 470 g/mol. The number of carbonyl (C=O) groups excluding carboxylic acids is 1. The molecule has 5 rings (SSSR count). The number of hydrogen-bond donors (Lipinski definition) is 1. The van der Waals surface area contributed by atoms with Gasteiger partial charge >= 0.3 is 0 Å². The molecule has 4 aromatic rings. The Bertz CT molecular complexity index is 1330. The molecule has 35 heavy (non-hydrogen) atoms. The third-order valence-corrected chi connectivity index (χ3v) is 6.63. The Kier molecular flexibility index (Phi) is 6.55. The Hall–Kier alpha value is -3.64. The lowest BCUT2D eigenvalue weighted by Gasteiger charge is -2.19. The monoisotopic (exact) mass is 469 g/mol. The molecule has 0 bridgehead atoms. The van der Waals surface area contributed by atoms with Crippen LogP contribution in [0, 0.1) is 13.8 Å². The molecule has 1 saturated heterocycles. The molecule has 2 atom stereocenters. The Balaban J connectivity index is 1.34. The van der Waals surface area contributed by atoms with Crippen molar-refractivity contribution in [2.24, 2.45) is 0 Å². The smallest absolute Gasteiger partial charge is 0.223 e. The van der Waals surface area contributed by atoms with Crippen molar-refractivity contribution in [1.82, 2.24) is 14.5 Å². The van der Waals surface area contributed by atoms with Crippen LogP contribution >= 0.6 is 0 Å². The number of para-hydroxylation sites is 2. The van der Waals surface area contributed by atoms with Crippen LogP contribution in [0.25, 0.3) is 11.0 Å². The van der Waals surface area contributed by atoms with Gasteiger partial charge in [-0.15, -0.1) is 0 Å². The lowest BCUT2D eigenvalue weighted by molar-refractivity contribution is -0.128. The fourth-order valence-corrected chi connectivity index (χ4v) is 4.91. The van der Waals surface area contributed by atoms with Crippen LogP contribution in [-0.4, -0.2) is 44.7 Å². The molecule has 1 N–H and O–H groups in total. The average Bonchev–Trinajstić information content (AvgIpc) is 3.39. The van der Waals surface area contributed by atoms with Crippen molar-refractivity contribution in [3.8, 4) is 5.75 Å². The van der Waals surface area contributed by atoms with E-state index in [0.717, 1.165) is 33.7 Å². The Labute approximate surface area is 205 Å². The molecular weight excluding hydrogens is 438 g/mol. The predicted molar refractivity (Wildman–Crippen MR) is 136 cm³/mol. The first-order chi connectivity index (χ1) is 17.0. The van der Waals surface area contributed by atoms with Crippen LogP contribution in [0.15, 0.2) is 72.8 Å². The molecule has 1 fully saturated rings. The Morgan fingerprint density at radius 1 is 1.06 bits per heavy atom. The van der Waals surface area contributed by atoms with E-state index in [2.05, 4.69) is 10.6 Å². The summed E-state index contributed by atoms with van der Waals surface area (Å²) in [6.45, 7) is 5.80. The zero-order chi connectivity index (χ0) is 24.4. The summed E-state index contributed by atoms with van der Waals surface area (Å²) in [7, 11) is 0. The van der Waals surface area contributed by atoms with Gasteiger partial charge in [0.25, 0.3) is 0 Å². The third kappa shape index (κ3) is 5.08. The summed E-state index contributed by atoms with van der Waals surface area (Å²) in [5.41, 5.74) is 5.18. The van der Waals surface area contributed by atoms with Gasteiger partial charge in [-0.2, -0.15) is 0 Å². The van der Waals surface area contributed by atoms with E-state index < -0.39 is 6.10 Å². The summed E-state index contributed by atoms with van der Waals surface area (Å²) < 4.78 is 8.00. The maximum atomic E-state index is 12.8. The van der Waals surface area contributed by atoms with Crippen molar-refractivity contribution < 1.29 is 14.6 Å². The van der Waals surface area contributed by atoms with Gasteiger partial charge in [-0.05, 0) is 43.2 Å². The molecule has 3 aromatic carbocycles. The molecule has 6 heteroatoms. The van der Waals surface area contributed by atoms with Gasteiger partial charge in [0.1, 0.15) is 24.3 Å². The molecule has 1 aliphatic rings. The van der Waals surface area contributed by atoms with Crippen molar-refractivity contribution >= 4 is 16.9 Å².